The smallest absolute Gasteiger partial charge is 0.253 e. The molecule has 0 saturated carbocycles. The van der Waals surface area contributed by atoms with Crippen LogP contribution in [0.5, 0.6) is 5.75 Å². The topological polar surface area (TPSA) is 66.9 Å². The highest BCUT2D eigenvalue weighted by Gasteiger charge is 2.24. The van der Waals surface area contributed by atoms with Gasteiger partial charge in [-0.25, -0.2) is 12.7 Å². The van der Waals surface area contributed by atoms with E-state index in [9.17, 15) is 13.2 Å². The second kappa shape index (κ2) is 7.55. The minimum Gasteiger partial charge on any atom is -0.495 e. The van der Waals surface area contributed by atoms with E-state index >= 15 is 0 Å². The van der Waals surface area contributed by atoms with Crippen molar-refractivity contribution in [2.75, 3.05) is 28.3 Å². The van der Waals surface area contributed by atoms with Crippen LogP contribution in [0.1, 0.15) is 20.8 Å². The van der Waals surface area contributed by atoms with E-state index in [1.807, 2.05) is 18.4 Å². The Morgan fingerprint density at radius 3 is 2.40 bits per heavy atom. The Labute approximate surface area is 152 Å². The van der Waals surface area contributed by atoms with Gasteiger partial charge in [0.2, 0.25) is 10.0 Å². The molecule has 1 aromatic carbocycles. The highest BCUT2D eigenvalue weighted by molar-refractivity contribution is 7.89. The van der Waals surface area contributed by atoms with Gasteiger partial charge in [-0.1, -0.05) is 0 Å². The number of hydrogen-bond donors (Lipinski definition) is 0. The van der Waals surface area contributed by atoms with Crippen molar-refractivity contribution in [3.05, 3.63) is 45.6 Å². The molecule has 25 heavy (non-hydrogen) atoms. The standard InChI is InChI=1S/C17H22N2O4S2/c1-12-8-9-24-15(12)11-19(4)17(20)13-6-7-14(23-5)16(10-13)25(21,22)18(2)3/h6-10H,11H2,1-5H3. The van der Waals surface area contributed by atoms with Crippen LogP contribution >= 0.6 is 11.3 Å². The maximum Gasteiger partial charge on any atom is 0.253 e. The fraction of sp³-hybridized carbons (Fsp3) is 0.353. The maximum atomic E-state index is 12.7. The molecule has 2 rings (SSSR count). The van der Waals surface area contributed by atoms with Gasteiger partial charge in [0.1, 0.15) is 10.6 Å². The average molecular weight is 383 g/mol. The SMILES string of the molecule is COc1ccc(C(=O)N(C)Cc2sccc2C)cc1S(=O)(=O)N(C)C. The molecule has 6 nitrogen and oxygen atoms in total. The number of rotatable bonds is 6. The number of carbonyl (C=O) groups excluding carboxylic acids is 1. The lowest BCUT2D eigenvalue weighted by Gasteiger charge is -2.19. The Kier molecular flexibility index (Phi) is 5.87. The molecule has 0 spiro atoms. The summed E-state index contributed by atoms with van der Waals surface area (Å²) in [6, 6.07) is 6.46. The third kappa shape index (κ3) is 4.02. The lowest BCUT2D eigenvalue weighted by atomic mass is 10.2. The summed E-state index contributed by atoms with van der Waals surface area (Å²) in [7, 11) is 2.26. The monoisotopic (exact) mass is 382 g/mol. The quantitative estimate of drug-likeness (QED) is 0.770. The summed E-state index contributed by atoms with van der Waals surface area (Å²) >= 11 is 1.59. The Morgan fingerprint density at radius 2 is 1.88 bits per heavy atom. The van der Waals surface area contributed by atoms with Gasteiger partial charge in [0.25, 0.3) is 5.91 Å². The lowest BCUT2D eigenvalue weighted by Crippen LogP contribution is -2.27. The number of hydrogen-bond acceptors (Lipinski definition) is 5. The summed E-state index contributed by atoms with van der Waals surface area (Å²) < 4.78 is 31.2. The molecule has 136 valence electrons. The van der Waals surface area contributed by atoms with E-state index in [0.717, 1.165) is 14.7 Å². The predicted octanol–water partition coefficient (Wildman–Crippen LogP) is 2.59. The summed E-state index contributed by atoms with van der Waals surface area (Å²) in [5.74, 6) is -0.0346. The van der Waals surface area contributed by atoms with E-state index < -0.39 is 10.0 Å². The van der Waals surface area contributed by atoms with Crippen LogP contribution in [-0.2, 0) is 16.6 Å². The van der Waals surface area contributed by atoms with Gasteiger partial charge < -0.3 is 9.64 Å². The molecule has 1 amide bonds. The minimum absolute atomic E-state index is 0.0217. The number of sulfonamides is 1. The number of thiophene rings is 1. The molecule has 0 aliphatic rings. The van der Waals surface area contributed by atoms with E-state index in [2.05, 4.69) is 0 Å². The van der Waals surface area contributed by atoms with Crippen LogP contribution in [0.25, 0.3) is 0 Å². The molecule has 0 unspecified atom stereocenters. The van der Waals surface area contributed by atoms with Crippen molar-refractivity contribution in [3.63, 3.8) is 0 Å². The van der Waals surface area contributed by atoms with Gasteiger partial charge in [0.05, 0.1) is 13.7 Å². The Hall–Kier alpha value is -1.90. The third-order valence-electron chi connectivity index (χ3n) is 3.86. The lowest BCUT2D eigenvalue weighted by molar-refractivity contribution is 0.0786. The Bertz CT molecular complexity index is 873. The molecule has 0 N–H and O–H groups in total. The van der Waals surface area contributed by atoms with Crippen LogP contribution < -0.4 is 4.74 Å². The fourth-order valence-electron chi connectivity index (χ4n) is 2.28. The molecular formula is C17H22N2O4S2. The molecule has 0 atom stereocenters. The van der Waals surface area contributed by atoms with Crippen molar-refractivity contribution >= 4 is 27.3 Å². The summed E-state index contributed by atoms with van der Waals surface area (Å²) in [5.41, 5.74) is 1.44. The first kappa shape index (κ1) is 19.4. The summed E-state index contributed by atoms with van der Waals surface area (Å²) in [4.78, 5) is 15.4. The van der Waals surface area contributed by atoms with Crippen LogP contribution in [0.3, 0.4) is 0 Å². The Morgan fingerprint density at radius 1 is 1.20 bits per heavy atom. The van der Waals surface area contributed by atoms with Crippen LogP contribution in [0.15, 0.2) is 34.5 Å². The van der Waals surface area contributed by atoms with E-state index in [0.29, 0.717) is 12.1 Å². The van der Waals surface area contributed by atoms with Crippen molar-refractivity contribution in [2.24, 2.45) is 0 Å². The molecular weight excluding hydrogens is 360 g/mol. The number of methoxy groups -OCH3 is 1. The van der Waals surface area contributed by atoms with Crippen LogP contribution in [0, 0.1) is 6.92 Å². The molecule has 0 aliphatic carbocycles. The first-order valence-electron chi connectivity index (χ1n) is 7.57. The van der Waals surface area contributed by atoms with Gasteiger partial charge in [0, 0.05) is 31.6 Å². The number of aryl methyl sites for hydroxylation is 1. The minimum atomic E-state index is -3.72. The van der Waals surface area contributed by atoms with Crippen molar-refractivity contribution in [3.8, 4) is 5.75 Å². The number of amides is 1. The van der Waals surface area contributed by atoms with E-state index in [4.69, 9.17) is 4.74 Å². The zero-order valence-electron chi connectivity index (χ0n) is 14.9. The zero-order chi connectivity index (χ0) is 18.8. The maximum absolute atomic E-state index is 12.7. The third-order valence-corrected chi connectivity index (χ3v) is 6.71. The van der Waals surface area contributed by atoms with Gasteiger partial charge in [0.15, 0.2) is 0 Å². The number of nitrogens with zero attached hydrogens (tertiary/aromatic N) is 2. The van der Waals surface area contributed by atoms with Gasteiger partial charge in [-0.2, -0.15) is 0 Å². The first-order valence-corrected chi connectivity index (χ1v) is 9.89. The largest absolute Gasteiger partial charge is 0.495 e. The number of ether oxygens (including phenoxy) is 1. The molecule has 2 aromatic rings. The molecule has 0 bridgehead atoms. The molecule has 0 saturated heterocycles. The molecule has 0 radical (unpaired) electrons. The first-order chi connectivity index (χ1) is 11.7. The van der Waals surface area contributed by atoms with Crippen molar-refractivity contribution in [2.45, 2.75) is 18.4 Å². The van der Waals surface area contributed by atoms with Crippen LogP contribution in [-0.4, -0.2) is 51.8 Å². The highest BCUT2D eigenvalue weighted by Crippen LogP contribution is 2.27. The van der Waals surface area contributed by atoms with E-state index in [1.54, 1.807) is 29.4 Å². The molecule has 1 aromatic heterocycles. The summed E-state index contributed by atoms with van der Waals surface area (Å²) in [6.45, 7) is 2.48. The molecule has 0 fully saturated rings. The summed E-state index contributed by atoms with van der Waals surface area (Å²) in [6.07, 6.45) is 0. The van der Waals surface area contributed by atoms with Gasteiger partial charge in [-0.15, -0.1) is 11.3 Å². The van der Waals surface area contributed by atoms with E-state index in [-0.39, 0.29) is 16.6 Å². The molecule has 0 aliphatic heterocycles. The van der Waals surface area contributed by atoms with Crippen molar-refractivity contribution in [1.29, 1.82) is 0 Å². The second-order valence-corrected chi connectivity index (χ2v) is 8.96. The predicted molar refractivity (Wildman–Crippen MR) is 98.7 cm³/mol. The van der Waals surface area contributed by atoms with Crippen LogP contribution in [0.2, 0.25) is 0 Å². The molecule has 1 heterocycles. The van der Waals surface area contributed by atoms with Crippen molar-refractivity contribution in [1.82, 2.24) is 9.21 Å². The number of benzene rings is 1. The normalized spacial score (nSPS) is 11.6. The average Bonchev–Trinajstić information content (AvgIpc) is 2.98. The Balaban J connectivity index is 2.36. The highest BCUT2D eigenvalue weighted by atomic mass is 32.2. The number of carbonyl (C=O) groups is 1. The second-order valence-electron chi connectivity index (χ2n) is 5.84. The van der Waals surface area contributed by atoms with E-state index in [1.165, 1.54) is 33.3 Å². The molecule has 8 heteroatoms. The van der Waals surface area contributed by atoms with Gasteiger partial charge in [-0.3, -0.25) is 4.79 Å². The fourth-order valence-corrected chi connectivity index (χ4v) is 4.32. The van der Waals surface area contributed by atoms with Gasteiger partial charge in [-0.05, 0) is 42.1 Å². The van der Waals surface area contributed by atoms with Gasteiger partial charge >= 0.3 is 0 Å². The zero-order valence-corrected chi connectivity index (χ0v) is 16.6. The summed E-state index contributed by atoms with van der Waals surface area (Å²) in [5, 5.41) is 1.98. The van der Waals surface area contributed by atoms with Crippen molar-refractivity contribution < 1.29 is 17.9 Å². The van der Waals surface area contributed by atoms with Crippen LogP contribution in [0.4, 0.5) is 0 Å².